The van der Waals surface area contributed by atoms with Crippen LogP contribution in [0.2, 0.25) is 0 Å². The van der Waals surface area contributed by atoms with E-state index in [0.29, 0.717) is 29.3 Å². The van der Waals surface area contributed by atoms with Gasteiger partial charge in [-0.1, -0.05) is 117 Å². The van der Waals surface area contributed by atoms with Crippen LogP contribution in [0.3, 0.4) is 0 Å². The van der Waals surface area contributed by atoms with Crippen LogP contribution in [-0.2, 0) is 10.8 Å². The average molecular weight is 687 g/mol. The Labute approximate surface area is 311 Å². The number of aromatic nitrogens is 4. The predicted molar refractivity (Wildman–Crippen MR) is 213 cm³/mol. The van der Waals surface area contributed by atoms with Crippen molar-refractivity contribution in [3.8, 4) is 45.4 Å². The summed E-state index contributed by atoms with van der Waals surface area (Å²) >= 11 is 0. The Morgan fingerprint density at radius 1 is 0.472 bits per heavy atom. The van der Waals surface area contributed by atoms with E-state index in [1.807, 2.05) is 36.4 Å². The fourth-order valence-corrected chi connectivity index (χ4v) is 11.7. The van der Waals surface area contributed by atoms with Gasteiger partial charge in [-0.05, 0) is 124 Å². The van der Waals surface area contributed by atoms with Gasteiger partial charge >= 0.3 is 0 Å². The average Bonchev–Trinajstić information content (AvgIpc) is 3.20. The van der Waals surface area contributed by atoms with Gasteiger partial charge in [-0.2, -0.15) is 0 Å². The van der Waals surface area contributed by atoms with Crippen molar-refractivity contribution in [2.24, 2.45) is 23.7 Å². The predicted octanol–water partition coefficient (Wildman–Crippen LogP) is 11.5. The highest BCUT2D eigenvalue weighted by molar-refractivity contribution is 6.04. The van der Waals surface area contributed by atoms with Gasteiger partial charge in [0.2, 0.25) is 0 Å². The van der Waals surface area contributed by atoms with Gasteiger partial charge in [0, 0.05) is 28.2 Å². The van der Waals surface area contributed by atoms with Crippen molar-refractivity contribution in [1.29, 1.82) is 0 Å². The van der Waals surface area contributed by atoms with E-state index in [1.165, 1.54) is 54.2 Å². The first kappa shape index (κ1) is 31.1. The SMILES string of the molecule is CC1(C)c2ccccc2C2(c3cc(-c4ccc(-c5nc(-c6ccccc6)nc(-c6ccccn6)n5)c5ccccc45)ccc31)C1CC3CC(C1)CC2C3. The molecule has 2 aromatic heterocycles. The molecule has 0 saturated heterocycles. The molecule has 2 heterocycles. The van der Waals surface area contributed by atoms with E-state index >= 15 is 0 Å². The number of fused-ring (bicyclic) bond motifs is 3. The van der Waals surface area contributed by atoms with Gasteiger partial charge in [0.15, 0.2) is 17.5 Å². The molecule has 12 rings (SSSR count). The second-order valence-electron chi connectivity index (χ2n) is 16.7. The van der Waals surface area contributed by atoms with Crippen molar-refractivity contribution >= 4 is 10.8 Å². The molecule has 4 bridgehead atoms. The third-order valence-electron chi connectivity index (χ3n) is 13.6. The summed E-state index contributed by atoms with van der Waals surface area (Å²) in [6.45, 7) is 4.91. The molecular weight excluding hydrogens is 645 g/mol. The van der Waals surface area contributed by atoms with Gasteiger partial charge in [0.1, 0.15) is 5.69 Å². The first-order valence-electron chi connectivity index (χ1n) is 19.5. The van der Waals surface area contributed by atoms with Gasteiger partial charge in [0.25, 0.3) is 0 Å². The fraction of sp³-hybridized carbons (Fsp3) is 0.265. The minimum atomic E-state index is -0.0588. The summed E-state index contributed by atoms with van der Waals surface area (Å²) in [7, 11) is 0. The highest BCUT2D eigenvalue weighted by Crippen LogP contribution is 2.68. The van der Waals surface area contributed by atoms with Gasteiger partial charge < -0.3 is 0 Å². The molecule has 0 unspecified atom stereocenters. The summed E-state index contributed by atoms with van der Waals surface area (Å²) in [5.74, 6) is 5.09. The molecule has 4 saturated carbocycles. The summed E-state index contributed by atoms with van der Waals surface area (Å²) in [5.41, 5.74) is 11.5. The lowest BCUT2D eigenvalue weighted by molar-refractivity contribution is -0.0443. The lowest BCUT2D eigenvalue weighted by Gasteiger charge is -2.64. The van der Waals surface area contributed by atoms with E-state index in [-0.39, 0.29) is 10.8 Å². The Hall–Kier alpha value is -5.48. The first-order valence-corrected chi connectivity index (χ1v) is 19.5. The van der Waals surface area contributed by atoms with Crippen molar-refractivity contribution in [3.05, 3.63) is 156 Å². The van der Waals surface area contributed by atoms with E-state index in [1.54, 1.807) is 22.9 Å². The number of pyridine rings is 1. The largest absolute Gasteiger partial charge is 0.253 e. The standard InChI is InChI=1S/C49H42N4/c1-48(2)40-16-8-9-17-42(40)49(34-25-30-24-31(27-34)28-35(49)26-30)43-29-33(19-22-41(43)48)36-20-21-39(38-15-7-6-14-37(36)38)46-51-45(32-12-4-3-5-13-32)52-47(53-46)44-18-10-11-23-50-44/h3-23,29-31,34-35H,24-28H2,1-2H3. The lowest BCUT2D eigenvalue weighted by Crippen LogP contribution is -2.58. The molecule has 0 amide bonds. The molecule has 5 aliphatic carbocycles. The molecular formula is C49H42N4. The Bertz CT molecular complexity index is 2470. The maximum atomic E-state index is 5.10. The molecule has 5 aromatic carbocycles. The van der Waals surface area contributed by atoms with E-state index < -0.39 is 0 Å². The summed E-state index contributed by atoms with van der Waals surface area (Å²) in [4.78, 5) is 19.7. The van der Waals surface area contributed by atoms with Gasteiger partial charge in [0.05, 0.1) is 0 Å². The van der Waals surface area contributed by atoms with Crippen molar-refractivity contribution in [1.82, 2.24) is 19.9 Å². The van der Waals surface area contributed by atoms with Crippen LogP contribution in [0.15, 0.2) is 134 Å². The van der Waals surface area contributed by atoms with E-state index in [2.05, 4.69) is 110 Å². The molecule has 7 aromatic rings. The van der Waals surface area contributed by atoms with Crippen molar-refractivity contribution in [2.75, 3.05) is 0 Å². The summed E-state index contributed by atoms with van der Waals surface area (Å²) in [6, 6.07) is 46.4. The maximum Gasteiger partial charge on any atom is 0.182 e. The van der Waals surface area contributed by atoms with E-state index in [0.717, 1.165) is 34.0 Å². The Morgan fingerprint density at radius 2 is 1.08 bits per heavy atom. The normalized spacial score (nSPS) is 24.6. The molecule has 0 aliphatic heterocycles. The van der Waals surface area contributed by atoms with Crippen LogP contribution >= 0.6 is 0 Å². The highest BCUT2D eigenvalue weighted by Gasteiger charge is 2.62. The Balaban J connectivity index is 1.10. The van der Waals surface area contributed by atoms with Gasteiger partial charge in [-0.25, -0.2) is 15.0 Å². The van der Waals surface area contributed by atoms with E-state index in [4.69, 9.17) is 15.0 Å². The van der Waals surface area contributed by atoms with E-state index in [9.17, 15) is 0 Å². The van der Waals surface area contributed by atoms with Crippen LogP contribution < -0.4 is 0 Å². The second kappa shape index (κ2) is 11.5. The van der Waals surface area contributed by atoms with Crippen LogP contribution in [-0.4, -0.2) is 19.9 Å². The molecule has 4 nitrogen and oxygen atoms in total. The van der Waals surface area contributed by atoms with Gasteiger partial charge in [-0.15, -0.1) is 0 Å². The molecule has 258 valence electrons. The number of hydrogen-bond donors (Lipinski definition) is 0. The zero-order valence-corrected chi connectivity index (χ0v) is 30.3. The fourth-order valence-electron chi connectivity index (χ4n) is 11.7. The number of hydrogen-bond acceptors (Lipinski definition) is 4. The quantitative estimate of drug-likeness (QED) is 0.185. The van der Waals surface area contributed by atoms with Gasteiger partial charge in [-0.3, -0.25) is 4.98 Å². The lowest BCUT2D eigenvalue weighted by atomic mass is 9.39. The summed E-state index contributed by atoms with van der Waals surface area (Å²) < 4.78 is 0. The molecule has 0 N–H and O–H groups in total. The minimum absolute atomic E-state index is 0.0588. The zero-order chi connectivity index (χ0) is 35.3. The molecule has 5 aliphatic rings. The smallest absolute Gasteiger partial charge is 0.182 e. The molecule has 0 radical (unpaired) electrons. The van der Waals surface area contributed by atoms with Crippen molar-refractivity contribution in [3.63, 3.8) is 0 Å². The Kier molecular flexibility index (Phi) is 6.75. The molecule has 0 atom stereocenters. The first-order chi connectivity index (χ1) is 26.0. The molecule has 1 spiro atoms. The highest BCUT2D eigenvalue weighted by atomic mass is 15.0. The monoisotopic (exact) mass is 686 g/mol. The maximum absolute atomic E-state index is 5.10. The molecule has 53 heavy (non-hydrogen) atoms. The van der Waals surface area contributed by atoms with Crippen molar-refractivity contribution < 1.29 is 0 Å². The number of benzene rings is 5. The van der Waals surface area contributed by atoms with Crippen LogP contribution in [0.4, 0.5) is 0 Å². The summed E-state index contributed by atoms with van der Waals surface area (Å²) in [6.07, 6.45) is 8.75. The van der Waals surface area contributed by atoms with Crippen LogP contribution in [0, 0.1) is 23.7 Å². The third kappa shape index (κ3) is 4.54. The van der Waals surface area contributed by atoms with Crippen LogP contribution in [0.25, 0.3) is 56.2 Å². The number of nitrogens with zero attached hydrogens (tertiary/aromatic N) is 4. The molecule has 4 heteroatoms. The minimum Gasteiger partial charge on any atom is -0.253 e. The third-order valence-corrected chi connectivity index (χ3v) is 13.6. The van der Waals surface area contributed by atoms with Crippen LogP contribution in [0.5, 0.6) is 0 Å². The summed E-state index contributed by atoms with van der Waals surface area (Å²) in [5, 5.41) is 2.34. The van der Waals surface area contributed by atoms with Crippen LogP contribution in [0.1, 0.15) is 68.2 Å². The zero-order valence-electron chi connectivity index (χ0n) is 30.3. The van der Waals surface area contributed by atoms with Crippen molar-refractivity contribution in [2.45, 2.75) is 56.8 Å². The Morgan fingerprint density at radius 3 is 1.81 bits per heavy atom. The topological polar surface area (TPSA) is 51.6 Å². The second-order valence-corrected chi connectivity index (χ2v) is 16.7. The molecule has 4 fully saturated rings. The number of rotatable bonds is 4.